The van der Waals surface area contributed by atoms with Crippen molar-refractivity contribution in [3.05, 3.63) is 41.5 Å². The second kappa shape index (κ2) is 6.81. The van der Waals surface area contributed by atoms with Gasteiger partial charge in [-0.15, -0.1) is 0 Å². The van der Waals surface area contributed by atoms with E-state index in [2.05, 4.69) is 32.3 Å². The van der Waals surface area contributed by atoms with Crippen LogP contribution in [0, 0.1) is 19.7 Å². The van der Waals surface area contributed by atoms with Crippen LogP contribution in [0.1, 0.15) is 24.1 Å². The first-order valence-electron chi connectivity index (χ1n) is 9.85. The molecule has 5 rings (SSSR count). The summed E-state index contributed by atoms with van der Waals surface area (Å²) in [5.41, 5.74) is 4.63. The third kappa shape index (κ3) is 3.33. The highest BCUT2D eigenvalue weighted by Crippen LogP contribution is 2.29. The number of imidazole rings is 1. The summed E-state index contributed by atoms with van der Waals surface area (Å²) in [5.74, 6) is -0.418. The lowest BCUT2D eigenvalue weighted by Crippen LogP contribution is -2.36. The summed E-state index contributed by atoms with van der Waals surface area (Å²) in [5, 5.41) is 7.90. The van der Waals surface area contributed by atoms with Crippen LogP contribution in [0.25, 0.3) is 28.0 Å². The number of likely N-dealkylation sites (tertiary alicyclic amines) is 1. The van der Waals surface area contributed by atoms with E-state index < -0.39 is 5.82 Å². The van der Waals surface area contributed by atoms with E-state index in [9.17, 15) is 4.39 Å². The zero-order chi connectivity index (χ0) is 20.1. The molecular formula is C21H23FN6O. The Kier molecular flexibility index (Phi) is 4.24. The number of anilines is 1. The predicted octanol–water partition coefficient (Wildman–Crippen LogP) is 3.80. The number of nitrogens with one attached hydrogen (secondary N) is 1. The van der Waals surface area contributed by atoms with E-state index in [1.807, 2.05) is 26.1 Å². The number of piperidine rings is 1. The van der Waals surface area contributed by atoms with Crippen LogP contribution in [0.2, 0.25) is 0 Å². The van der Waals surface area contributed by atoms with Gasteiger partial charge in [-0.25, -0.2) is 13.9 Å². The molecule has 1 aliphatic rings. The van der Waals surface area contributed by atoms with Crippen molar-refractivity contribution >= 4 is 22.8 Å². The Morgan fingerprint density at radius 2 is 1.93 bits per heavy atom. The highest BCUT2D eigenvalue weighted by atomic mass is 19.1. The Bertz CT molecular complexity index is 1210. The average Bonchev–Trinajstić information content (AvgIpc) is 3.26. The highest BCUT2D eigenvalue weighted by Gasteiger charge is 2.20. The molecule has 4 aromatic rings. The van der Waals surface area contributed by atoms with E-state index in [0.717, 1.165) is 42.8 Å². The fourth-order valence-electron chi connectivity index (χ4n) is 3.91. The number of aryl methyl sites for hydroxylation is 2. The molecule has 7 nitrogen and oxygen atoms in total. The minimum absolute atomic E-state index is 0.237. The summed E-state index contributed by atoms with van der Waals surface area (Å²) in [4.78, 5) is 11.1. The number of nitrogens with zero attached hydrogens (tertiary/aromatic N) is 5. The molecule has 0 atom stereocenters. The maximum atomic E-state index is 14.8. The Morgan fingerprint density at radius 1 is 1.14 bits per heavy atom. The van der Waals surface area contributed by atoms with E-state index in [0.29, 0.717) is 22.9 Å². The van der Waals surface area contributed by atoms with Crippen LogP contribution < -0.4 is 5.32 Å². The van der Waals surface area contributed by atoms with Crippen molar-refractivity contribution in [3.8, 4) is 11.3 Å². The van der Waals surface area contributed by atoms with Gasteiger partial charge >= 0.3 is 0 Å². The molecule has 0 unspecified atom stereocenters. The molecule has 0 bridgehead atoms. The molecule has 1 saturated heterocycles. The summed E-state index contributed by atoms with van der Waals surface area (Å²) in [7, 11) is 2.12. The van der Waals surface area contributed by atoms with Gasteiger partial charge in [-0.05, 0) is 70.6 Å². The molecule has 0 amide bonds. The fraction of sp³-hybridized carbons (Fsp3) is 0.381. The van der Waals surface area contributed by atoms with Crippen LogP contribution in [-0.4, -0.2) is 50.7 Å². The molecule has 1 fully saturated rings. The van der Waals surface area contributed by atoms with Gasteiger partial charge in [-0.3, -0.25) is 0 Å². The average molecular weight is 394 g/mol. The van der Waals surface area contributed by atoms with Crippen molar-refractivity contribution in [2.45, 2.75) is 32.7 Å². The smallest absolute Gasteiger partial charge is 0.296 e. The molecule has 150 valence electrons. The third-order valence-electron chi connectivity index (χ3n) is 5.52. The van der Waals surface area contributed by atoms with E-state index >= 15 is 0 Å². The van der Waals surface area contributed by atoms with Gasteiger partial charge in [0.2, 0.25) is 0 Å². The quantitative estimate of drug-likeness (QED) is 0.570. The van der Waals surface area contributed by atoms with Crippen LogP contribution in [0.4, 0.5) is 10.4 Å². The topological polar surface area (TPSA) is 71.5 Å². The molecule has 0 radical (unpaired) electrons. The fourth-order valence-corrected chi connectivity index (χ4v) is 3.91. The van der Waals surface area contributed by atoms with Crippen LogP contribution in [0.5, 0.6) is 0 Å². The van der Waals surface area contributed by atoms with Gasteiger partial charge in [0.15, 0.2) is 17.0 Å². The van der Waals surface area contributed by atoms with Gasteiger partial charge in [0.05, 0.1) is 17.6 Å². The van der Waals surface area contributed by atoms with Crippen molar-refractivity contribution in [3.63, 3.8) is 0 Å². The van der Waals surface area contributed by atoms with Crippen molar-refractivity contribution in [2.24, 2.45) is 0 Å². The molecule has 1 aromatic carbocycles. The number of rotatable bonds is 3. The zero-order valence-electron chi connectivity index (χ0n) is 16.7. The lowest BCUT2D eigenvalue weighted by molar-refractivity contribution is 0.262. The molecule has 29 heavy (non-hydrogen) atoms. The minimum Gasteiger partial charge on any atom is -0.423 e. The first-order chi connectivity index (χ1) is 14.0. The summed E-state index contributed by atoms with van der Waals surface area (Å²) >= 11 is 0. The maximum absolute atomic E-state index is 14.8. The molecule has 8 heteroatoms. The van der Waals surface area contributed by atoms with Crippen LogP contribution in [-0.2, 0) is 0 Å². The normalized spacial score (nSPS) is 16.1. The molecule has 3 aromatic heterocycles. The van der Waals surface area contributed by atoms with Gasteiger partial charge in [0.1, 0.15) is 5.52 Å². The highest BCUT2D eigenvalue weighted by molar-refractivity contribution is 5.81. The molecule has 4 heterocycles. The van der Waals surface area contributed by atoms with E-state index in [1.165, 1.54) is 6.07 Å². The van der Waals surface area contributed by atoms with Crippen molar-refractivity contribution in [1.29, 1.82) is 0 Å². The number of hydrogen-bond acceptors (Lipinski definition) is 6. The number of oxazole rings is 1. The zero-order valence-corrected chi connectivity index (χ0v) is 16.7. The van der Waals surface area contributed by atoms with Crippen LogP contribution in [0.15, 0.2) is 28.8 Å². The Hall–Kier alpha value is -3.00. The maximum Gasteiger partial charge on any atom is 0.296 e. The lowest BCUT2D eigenvalue weighted by Gasteiger charge is -2.28. The second-order valence-electron chi connectivity index (χ2n) is 7.91. The van der Waals surface area contributed by atoms with E-state index in [4.69, 9.17) is 4.42 Å². The van der Waals surface area contributed by atoms with Crippen molar-refractivity contribution in [2.75, 3.05) is 25.5 Å². The standard InChI is InChI=1S/C21H23FN6O/c1-12-8-17(26-28-11-13(2)23-20(12)28)14-9-16(22)19-18(10-14)29-21(25-19)24-15-4-6-27(3)7-5-15/h8-11,15H,4-7H2,1-3H3,(H,24,25). The molecule has 0 aliphatic carbocycles. The third-order valence-corrected chi connectivity index (χ3v) is 5.52. The molecule has 0 saturated carbocycles. The summed E-state index contributed by atoms with van der Waals surface area (Å²) in [6.07, 6.45) is 3.88. The summed E-state index contributed by atoms with van der Waals surface area (Å²) in [6.45, 7) is 5.95. The van der Waals surface area contributed by atoms with Crippen LogP contribution >= 0.6 is 0 Å². The first kappa shape index (κ1) is 18.1. The molecule has 1 aliphatic heterocycles. The van der Waals surface area contributed by atoms with Gasteiger partial charge in [-0.2, -0.15) is 10.1 Å². The van der Waals surface area contributed by atoms with E-state index in [1.54, 1.807) is 10.6 Å². The van der Waals surface area contributed by atoms with Crippen molar-refractivity contribution in [1.82, 2.24) is 24.5 Å². The number of halogens is 1. The van der Waals surface area contributed by atoms with Crippen molar-refractivity contribution < 1.29 is 8.81 Å². The number of benzene rings is 1. The molecule has 1 N–H and O–H groups in total. The Balaban J connectivity index is 1.49. The Morgan fingerprint density at radius 3 is 2.72 bits per heavy atom. The second-order valence-corrected chi connectivity index (χ2v) is 7.91. The Labute approximate surface area is 167 Å². The lowest BCUT2D eigenvalue weighted by atomic mass is 10.1. The summed E-state index contributed by atoms with van der Waals surface area (Å²) in [6, 6.07) is 5.83. The molecule has 0 spiro atoms. The molecular weight excluding hydrogens is 371 g/mol. The predicted molar refractivity (Wildman–Crippen MR) is 110 cm³/mol. The SMILES string of the molecule is Cc1cn2nc(-c3cc(F)c4nc(NC5CCN(C)CC5)oc4c3)cc(C)c2n1. The number of fused-ring (bicyclic) bond motifs is 2. The van der Waals surface area contributed by atoms with Gasteiger partial charge < -0.3 is 14.6 Å². The van der Waals surface area contributed by atoms with Gasteiger partial charge in [0.25, 0.3) is 6.01 Å². The van der Waals surface area contributed by atoms with Gasteiger partial charge in [-0.1, -0.05) is 0 Å². The van der Waals surface area contributed by atoms with Gasteiger partial charge in [0, 0.05) is 11.6 Å². The number of hydrogen-bond donors (Lipinski definition) is 1. The van der Waals surface area contributed by atoms with E-state index in [-0.39, 0.29) is 11.6 Å². The monoisotopic (exact) mass is 394 g/mol. The first-order valence-corrected chi connectivity index (χ1v) is 9.85. The largest absolute Gasteiger partial charge is 0.423 e. The number of aromatic nitrogens is 4. The summed E-state index contributed by atoms with van der Waals surface area (Å²) < 4.78 is 22.4. The van der Waals surface area contributed by atoms with Crippen LogP contribution in [0.3, 0.4) is 0 Å². The minimum atomic E-state index is -0.418.